The number of hydrogen-bond donors (Lipinski definition) is 1. The van der Waals surface area contributed by atoms with E-state index in [1.807, 2.05) is 12.1 Å². The normalized spacial score (nSPS) is 14.8. The summed E-state index contributed by atoms with van der Waals surface area (Å²) < 4.78 is 7.12. The molecule has 3 aromatic rings. The smallest absolute Gasteiger partial charge is 0.146 e. The van der Waals surface area contributed by atoms with Crippen LogP contribution < -0.4 is 0 Å². The molecule has 5 heteroatoms. The number of phenolic OH excluding ortho intramolecular Hbond substituents is 1. The summed E-state index contributed by atoms with van der Waals surface area (Å²) in [7, 11) is 0. The van der Waals surface area contributed by atoms with Crippen molar-refractivity contribution in [1.82, 2.24) is 9.88 Å². The third-order valence-corrected chi connectivity index (χ3v) is 6.09. The van der Waals surface area contributed by atoms with Crippen LogP contribution in [0.4, 0.5) is 0 Å². The predicted molar refractivity (Wildman–Crippen MR) is 115 cm³/mol. The van der Waals surface area contributed by atoms with Gasteiger partial charge in [0.25, 0.3) is 0 Å². The van der Waals surface area contributed by atoms with Gasteiger partial charge < -0.3 is 9.84 Å². The topological polar surface area (TPSA) is 45.6 Å². The van der Waals surface area contributed by atoms with Crippen molar-refractivity contribution in [3.63, 3.8) is 0 Å². The van der Waals surface area contributed by atoms with Crippen molar-refractivity contribution in [1.29, 1.82) is 0 Å². The summed E-state index contributed by atoms with van der Waals surface area (Å²) in [5.74, 6) is 0.299. The SMILES string of the molecule is Cc1ccc(COCc2cc(CN3CCCC3)c(O)c3ncccc23)c(Br)c1. The minimum absolute atomic E-state index is 0.299. The number of nitrogens with zero attached hydrogens (tertiary/aromatic N) is 2. The maximum absolute atomic E-state index is 10.8. The Hall–Kier alpha value is -1.95. The van der Waals surface area contributed by atoms with E-state index >= 15 is 0 Å². The quantitative estimate of drug-likeness (QED) is 0.562. The first-order valence-corrected chi connectivity index (χ1v) is 10.5. The maximum atomic E-state index is 10.8. The number of hydrogen-bond acceptors (Lipinski definition) is 4. The van der Waals surface area contributed by atoms with E-state index in [-0.39, 0.29) is 0 Å². The van der Waals surface area contributed by atoms with Crippen LogP contribution in [0.3, 0.4) is 0 Å². The fourth-order valence-electron chi connectivity index (χ4n) is 3.82. The molecule has 1 saturated heterocycles. The van der Waals surface area contributed by atoms with Crippen molar-refractivity contribution in [3.05, 3.63) is 69.3 Å². The number of aromatic hydroxyl groups is 1. The first kappa shape index (κ1) is 19.4. The molecule has 0 aliphatic carbocycles. The summed E-state index contributed by atoms with van der Waals surface area (Å²) in [6.07, 6.45) is 4.19. The van der Waals surface area contributed by atoms with Gasteiger partial charge in [-0.1, -0.05) is 34.1 Å². The average molecular weight is 441 g/mol. The molecular formula is C23H25BrN2O2. The van der Waals surface area contributed by atoms with E-state index in [2.05, 4.69) is 57.0 Å². The number of fused-ring (bicyclic) bond motifs is 1. The molecule has 0 saturated carbocycles. The minimum Gasteiger partial charge on any atom is -0.505 e. The minimum atomic E-state index is 0.299. The van der Waals surface area contributed by atoms with Gasteiger partial charge in [0.15, 0.2) is 0 Å². The number of ether oxygens (including phenoxy) is 1. The van der Waals surface area contributed by atoms with Crippen molar-refractivity contribution < 1.29 is 9.84 Å². The van der Waals surface area contributed by atoms with Gasteiger partial charge in [0.05, 0.1) is 13.2 Å². The molecule has 1 fully saturated rings. The Morgan fingerprint density at radius 1 is 1.07 bits per heavy atom. The van der Waals surface area contributed by atoms with E-state index in [1.165, 1.54) is 18.4 Å². The molecule has 0 radical (unpaired) electrons. The van der Waals surface area contributed by atoms with E-state index < -0.39 is 0 Å². The van der Waals surface area contributed by atoms with Gasteiger partial charge in [-0.3, -0.25) is 9.88 Å². The molecule has 0 atom stereocenters. The van der Waals surface area contributed by atoms with Gasteiger partial charge in [0.2, 0.25) is 0 Å². The summed E-state index contributed by atoms with van der Waals surface area (Å²) in [5, 5.41) is 11.7. The molecule has 2 heterocycles. The molecule has 2 aromatic carbocycles. The highest BCUT2D eigenvalue weighted by Gasteiger charge is 2.17. The maximum Gasteiger partial charge on any atom is 0.146 e. The number of aryl methyl sites for hydroxylation is 1. The van der Waals surface area contributed by atoms with Gasteiger partial charge in [0.1, 0.15) is 11.3 Å². The molecule has 0 unspecified atom stereocenters. The van der Waals surface area contributed by atoms with E-state index in [4.69, 9.17) is 4.74 Å². The molecule has 1 aromatic heterocycles. The Morgan fingerprint density at radius 2 is 1.86 bits per heavy atom. The van der Waals surface area contributed by atoms with Crippen LogP contribution in [0.2, 0.25) is 0 Å². The van der Waals surface area contributed by atoms with E-state index in [0.29, 0.717) is 24.5 Å². The van der Waals surface area contributed by atoms with Crippen molar-refractivity contribution in [3.8, 4) is 5.75 Å². The van der Waals surface area contributed by atoms with Crippen LogP contribution in [0.25, 0.3) is 10.9 Å². The zero-order valence-corrected chi connectivity index (χ0v) is 17.7. The zero-order chi connectivity index (χ0) is 19.5. The van der Waals surface area contributed by atoms with Crippen molar-refractivity contribution in [2.24, 2.45) is 0 Å². The second kappa shape index (κ2) is 8.60. The largest absolute Gasteiger partial charge is 0.505 e. The Balaban J connectivity index is 1.57. The van der Waals surface area contributed by atoms with Gasteiger partial charge in [-0.05, 0) is 67.7 Å². The Labute approximate surface area is 174 Å². The molecule has 1 aliphatic heterocycles. The number of rotatable bonds is 6. The van der Waals surface area contributed by atoms with Gasteiger partial charge >= 0.3 is 0 Å². The fourth-order valence-corrected chi connectivity index (χ4v) is 4.43. The number of phenols is 1. The second-order valence-corrected chi connectivity index (χ2v) is 8.37. The van der Waals surface area contributed by atoms with Crippen LogP contribution in [0.1, 0.15) is 35.1 Å². The molecule has 0 spiro atoms. The molecule has 0 amide bonds. The predicted octanol–water partition coefficient (Wildman–Crippen LogP) is 5.32. The summed E-state index contributed by atoms with van der Waals surface area (Å²) >= 11 is 3.61. The van der Waals surface area contributed by atoms with E-state index in [9.17, 15) is 5.11 Å². The Bertz CT molecular complexity index is 984. The van der Waals surface area contributed by atoms with Crippen LogP contribution in [0.15, 0.2) is 47.1 Å². The molecular weight excluding hydrogens is 416 g/mol. The van der Waals surface area contributed by atoms with Crippen LogP contribution >= 0.6 is 15.9 Å². The van der Waals surface area contributed by atoms with Crippen LogP contribution in [-0.4, -0.2) is 28.1 Å². The second-order valence-electron chi connectivity index (χ2n) is 7.51. The molecule has 4 nitrogen and oxygen atoms in total. The fraction of sp³-hybridized carbons (Fsp3) is 0.348. The monoisotopic (exact) mass is 440 g/mol. The number of halogens is 1. The lowest BCUT2D eigenvalue weighted by molar-refractivity contribution is 0.107. The number of aromatic nitrogens is 1. The van der Waals surface area contributed by atoms with Crippen LogP contribution in [-0.2, 0) is 24.5 Å². The van der Waals surface area contributed by atoms with Gasteiger partial charge in [-0.2, -0.15) is 0 Å². The van der Waals surface area contributed by atoms with Crippen LogP contribution in [0, 0.1) is 6.92 Å². The highest BCUT2D eigenvalue weighted by Crippen LogP contribution is 2.32. The van der Waals surface area contributed by atoms with Gasteiger partial charge in [0, 0.05) is 28.2 Å². The van der Waals surface area contributed by atoms with Crippen LogP contribution in [0.5, 0.6) is 5.75 Å². The van der Waals surface area contributed by atoms with Crippen molar-refractivity contribution in [2.75, 3.05) is 13.1 Å². The lowest BCUT2D eigenvalue weighted by atomic mass is 10.0. The Kier molecular flexibility index (Phi) is 5.95. The third-order valence-electron chi connectivity index (χ3n) is 5.35. The molecule has 1 aliphatic rings. The standard InChI is InChI=1S/C23H25BrN2O2/c1-16-6-7-17(21(24)11-16)14-28-15-19-12-18(13-26-9-2-3-10-26)23(27)22-20(19)5-4-8-25-22/h4-8,11-12,27H,2-3,9-10,13-15H2,1H3. The summed E-state index contributed by atoms with van der Waals surface area (Å²) in [6, 6.07) is 12.3. The first-order chi connectivity index (χ1) is 13.6. The van der Waals surface area contributed by atoms with E-state index in [0.717, 1.165) is 46.2 Å². The van der Waals surface area contributed by atoms with E-state index in [1.54, 1.807) is 6.20 Å². The highest BCUT2D eigenvalue weighted by molar-refractivity contribution is 9.10. The third kappa shape index (κ3) is 4.22. The molecule has 28 heavy (non-hydrogen) atoms. The lowest BCUT2D eigenvalue weighted by Gasteiger charge is -2.18. The lowest BCUT2D eigenvalue weighted by Crippen LogP contribution is -2.18. The summed E-state index contributed by atoms with van der Waals surface area (Å²) in [4.78, 5) is 6.82. The van der Waals surface area contributed by atoms with Gasteiger partial charge in [-0.15, -0.1) is 0 Å². The first-order valence-electron chi connectivity index (χ1n) is 9.75. The van der Waals surface area contributed by atoms with Crippen molar-refractivity contribution >= 4 is 26.8 Å². The zero-order valence-electron chi connectivity index (χ0n) is 16.1. The summed E-state index contributed by atoms with van der Waals surface area (Å²) in [5.41, 5.74) is 5.01. The molecule has 1 N–H and O–H groups in total. The van der Waals surface area contributed by atoms with Gasteiger partial charge in [-0.25, -0.2) is 0 Å². The number of benzene rings is 2. The average Bonchev–Trinajstić information content (AvgIpc) is 3.20. The molecule has 0 bridgehead atoms. The van der Waals surface area contributed by atoms with Crippen molar-refractivity contribution in [2.45, 2.75) is 39.5 Å². The number of likely N-dealkylation sites (tertiary alicyclic amines) is 1. The highest BCUT2D eigenvalue weighted by atomic mass is 79.9. The summed E-state index contributed by atoms with van der Waals surface area (Å²) in [6.45, 7) is 6.03. The molecule has 4 rings (SSSR count). The number of pyridine rings is 1. The Morgan fingerprint density at radius 3 is 2.64 bits per heavy atom. The molecule has 146 valence electrons.